The molecular weight excluding hydrogens is 256 g/mol. The fraction of sp³-hybridized carbons (Fsp3) is 0.357. The van der Waals surface area contributed by atoms with Gasteiger partial charge in [-0.2, -0.15) is 15.0 Å². The highest BCUT2D eigenvalue weighted by molar-refractivity contribution is 5.78. The van der Waals surface area contributed by atoms with E-state index in [1.807, 2.05) is 31.2 Å². The van der Waals surface area contributed by atoms with E-state index in [1.165, 1.54) is 0 Å². The third-order valence-electron chi connectivity index (χ3n) is 3.41. The predicted molar refractivity (Wildman–Crippen MR) is 72.4 cm³/mol. The van der Waals surface area contributed by atoms with Gasteiger partial charge in [-0.15, -0.1) is 0 Å². The van der Waals surface area contributed by atoms with Crippen LogP contribution >= 0.6 is 0 Å². The summed E-state index contributed by atoms with van der Waals surface area (Å²) in [5.41, 5.74) is 2.02. The van der Waals surface area contributed by atoms with Crippen molar-refractivity contribution in [3.05, 3.63) is 42.2 Å². The Hall–Kier alpha value is -2.21. The van der Waals surface area contributed by atoms with Crippen LogP contribution in [0.4, 0.5) is 0 Å². The Bertz CT molecular complexity index is 597. The number of nitrogens with one attached hydrogen (secondary N) is 1. The van der Waals surface area contributed by atoms with Crippen molar-refractivity contribution in [2.45, 2.75) is 25.5 Å². The van der Waals surface area contributed by atoms with E-state index in [1.54, 1.807) is 17.2 Å². The van der Waals surface area contributed by atoms with Gasteiger partial charge in [-0.25, -0.2) is 0 Å². The summed E-state index contributed by atoms with van der Waals surface area (Å²) < 4.78 is 5.44. The molecule has 1 aliphatic heterocycles. The molecule has 0 bridgehead atoms. The van der Waals surface area contributed by atoms with E-state index >= 15 is 0 Å². The highest BCUT2D eigenvalue weighted by Gasteiger charge is 2.26. The van der Waals surface area contributed by atoms with Crippen LogP contribution in [0.15, 0.2) is 36.7 Å². The molecule has 104 valence electrons. The van der Waals surface area contributed by atoms with Crippen LogP contribution in [0.3, 0.4) is 0 Å². The summed E-state index contributed by atoms with van der Waals surface area (Å²) in [7, 11) is 0. The van der Waals surface area contributed by atoms with Crippen molar-refractivity contribution >= 4 is 5.91 Å². The Morgan fingerprint density at radius 2 is 2.20 bits per heavy atom. The molecule has 2 heterocycles. The molecule has 3 rings (SSSR count). The number of hydrogen-bond donors (Lipinski definition) is 1. The first-order valence-corrected chi connectivity index (χ1v) is 6.59. The van der Waals surface area contributed by atoms with E-state index in [-0.39, 0.29) is 24.7 Å². The summed E-state index contributed by atoms with van der Waals surface area (Å²) >= 11 is 0. The van der Waals surface area contributed by atoms with Crippen molar-refractivity contribution in [3.8, 4) is 5.69 Å². The summed E-state index contributed by atoms with van der Waals surface area (Å²) in [6.45, 7) is 2.12. The molecule has 1 fully saturated rings. The van der Waals surface area contributed by atoms with Crippen LogP contribution in [0.2, 0.25) is 0 Å². The van der Waals surface area contributed by atoms with Crippen molar-refractivity contribution in [1.29, 1.82) is 0 Å². The molecule has 20 heavy (non-hydrogen) atoms. The molecule has 0 aliphatic carbocycles. The molecule has 6 nitrogen and oxygen atoms in total. The van der Waals surface area contributed by atoms with Crippen LogP contribution < -0.4 is 5.32 Å². The van der Waals surface area contributed by atoms with Gasteiger partial charge < -0.3 is 10.1 Å². The number of carbonyl (C=O) groups is 1. The van der Waals surface area contributed by atoms with Crippen molar-refractivity contribution < 1.29 is 9.53 Å². The number of carbonyl (C=O) groups excluding carboxylic acids is 1. The van der Waals surface area contributed by atoms with Gasteiger partial charge in [-0.1, -0.05) is 12.1 Å². The standard InChI is InChI=1S/C14H16N4O2/c1-10-13(17-14(19)9-20-10)8-11-3-2-4-12(7-11)18-15-5-6-16-18/h2-7,10,13H,8-9H2,1H3,(H,17,19)/t10-,13-/m1/s1. The van der Waals surface area contributed by atoms with Crippen LogP contribution in [0.1, 0.15) is 12.5 Å². The Morgan fingerprint density at radius 1 is 1.40 bits per heavy atom. The first kappa shape index (κ1) is 12.8. The number of morpholine rings is 1. The second-order valence-electron chi connectivity index (χ2n) is 4.88. The topological polar surface area (TPSA) is 69.0 Å². The first-order chi connectivity index (χ1) is 9.72. The minimum absolute atomic E-state index is 0.00270. The summed E-state index contributed by atoms with van der Waals surface area (Å²) in [6.07, 6.45) is 4.02. The van der Waals surface area contributed by atoms with Gasteiger partial charge in [-0.3, -0.25) is 4.79 Å². The van der Waals surface area contributed by atoms with Crippen molar-refractivity contribution in [2.75, 3.05) is 6.61 Å². The maximum absolute atomic E-state index is 11.4. The molecule has 0 saturated carbocycles. The largest absolute Gasteiger partial charge is 0.367 e. The van der Waals surface area contributed by atoms with Crippen LogP contribution in [-0.4, -0.2) is 39.7 Å². The lowest BCUT2D eigenvalue weighted by atomic mass is 10.0. The fourth-order valence-electron chi connectivity index (χ4n) is 2.32. The number of hydrogen-bond acceptors (Lipinski definition) is 4. The lowest BCUT2D eigenvalue weighted by molar-refractivity contribution is -0.135. The van der Waals surface area contributed by atoms with Crippen molar-refractivity contribution in [3.63, 3.8) is 0 Å². The highest BCUT2D eigenvalue weighted by atomic mass is 16.5. The SMILES string of the molecule is C[C@H]1OCC(=O)N[C@@H]1Cc1cccc(-n2nccn2)c1. The molecule has 6 heteroatoms. The second-order valence-corrected chi connectivity index (χ2v) is 4.88. The van der Waals surface area contributed by atoms with E-state index < -0.39 is 0 Å². The molecule has 2 atom stereocenters. The van der Waals surface area contributed by atoms with E-state index in [0.29, 0.717) is 0 Å². The molecule has 1 N–H and O–H groups in total. The molecule has 1 aromatic heterocycles. The average molecular weight is 272 g/mol. The monoisotopic (exact) mass is 272 g/mol. The van der Waals surface area contributed by atoms with Gasteiger partial charge in [-0.05, 0) is 31.0 Å². The minimum Gasteiger partial charge on any atom is -0.367 e. The van der Waals surface area contributed by atoms with Gasteiger partial charge in [0, 0.05) is 0 Å². The Kier molecular flexibility index (Phi) is 3.47. The number of benzene rings is 1. The van der Waals surface area contributed by atoms with Gasteiger partial charge in [0.25, 0.3) is 0 Å². The quantitative estimate of drug-likeness (QED) is 0.893. The zero-order chi connectivity index (χ0) is 13.9. The lowest BCUT2D eigenvalue weighted by Gasteiger charge is -2.30. The third kappa shape index (κ3) is 2.70. The number of aromatic nitrogens is 3. The summed E-state index contributed by atoms with van der Waals surface area (Å²) in [6, 6.07) is 7.96. The zero-order valence-electron chi connectivity index (χ0n) is 11.2. The smallest absolute Gasteiger partial charge is 0.246 e. The van der Waals surface area contributed by atoms with Crippen LogP contribution in [0.25, 0.3) is 5.69 Å². The molecular formula is C14H16N4O2. The van der Waals surface area contributed by atoms with Gasteiger partial charge in [0.2, 0.25) is 5.91 Å². The number of amides is 1. The molecule has 1 amide bonds. The van der Waals surface area contributed by atoms with E-state index in [2.05, 4.69) is 15.5 Å². The maximum Gasteiger partial charge on any atom is 0.246 e. The van der Waals surface area contributed by atoms with Crippen molar-refractivity contribution in [1.82, 2.24) is 20.3 Å². The number of nitrogens with zero attached hydrogens (tertiary/aromatic N) is 3. The van der Waals surface area contributed by atoms with Gasteiger partial charge >= 0.3 is 0 Å². The van der Waals surface area contributed by atoms with Gasteiger partial charge in [0.15, 0.2) is 0 Å². The Morgan fingerprint density at radius 3 is 3.00 bits per heavy atom. The second kappa shape index (κ2) is 5.42. The Balaban J connectivity index is 1.77. The van der Waals surface area contributed by atoms with Gasteiger partial charge in [0.05, 0.1) is 30.2 Å². The summed E-state index contributed by atoms with van der Waals surface area (Å²) in [5, 5.41) is 11.2. The lowest BCUT2D eigenvalue weighted by Crippen LogP contribution is -2.51. The summed E-state index contributed by atoms with van der Waals surface area (Å²) in [4.78, 5) is 13.0. The molecule has 1 saturated heterocycles. The molecule has 0 spiro atoms. The average Bonchev–Trinajstić information content (AvgIpc) is 2.97. The molecule has 2 aromatic rings. The third-order valence-corrected chi connectivity index (χ3v) is 3.41. The number of ether oxygens (including phenoxy) is 1. The minimum atomic E-state index is -0.0574. The maximum atomic E-state index is 11.4. The Labute approximate surface area is 116 Å². The van der Waals surface area contributed by atoms with E-state index in [9.17, 15) is 4.79 Å². The van der Waals surface area contributed by atoms with Gasteiger partial charge in [0.1, 0.15) is 6.61 Å². The van der Waals surface area contributed by atoms with E-state index in [0.717, 1.165) is 17.7 Å². The first-order valence-electron chi connectivity index (χ1n) is 6.59. The van der Waals surface area contributed by atoms with Crippen LogP contribution in [0, 0.1) is 0 Å². The predicted octanol–water partition coefficient (Wildman–Crippen LogP) is 0.713. The summed E-state index contributed by atoms with van der Waals surface area (Å²) in [5.74, 6) is -0.0574. The normalized spacial score (nSPS) is 22.6. The van der Waals surface area contributed by atoms with Crippen LogP contribution in [-0.2, 0) is 16.0 Å². The molecule has 0 unspecified atom stereocenters. The van der Waals surface area contributed by atoms with E-state index in [4.69, 9.17) is 4.74 Å². The van der Waals surface area contributed by atoms with Crippen LogP contribution in [0.5, 0.6) is 0 Å². The molecule has 0 radical (unpaired) electrons. The zero-order valence-corrected chi connectivity index (χ0v) is 11.2. The molecule has 1 aromatic carbocycles. The number of rotatable bonds is 3. The molecule has 1 aliphatic rings. The van der Waals surface area contributed by atoms with Crippen molar-refractivity contribution in [2.24, 2.45) is 0 Å². The highest BCUT2D eigenvalue weighted by Crippen LogP contribution is 2.14. The fourth-order valence-corrected chi connectivity index (χ4v) is 2.32.